The minimum atomic E-state index is 0. The molecule has 0 aliphatic carbocycles. The smallest absolute Gasteiger partial charge is 0.162 e. The van der Waals surface area contributed by atoms with Crippen LogP contribution in [-0.4, -0.2) is 15.9 Å². The summed E-state index contributed by atoms with van der Waals surface area (Å²) in [6.45, 7) is 17.1. The fraction of sp³-hybridized carbons (Fsp3) is 0.385. The van der Waals surface area contributed by atoms with Gasteiger partial charge in [-0.15, -0.1) is 40.5 Å². The maximum absolute atomic E-state index is 11.7. The number of thiophene rings is 1. The number of aromatic nitrogens is 1. The van der Waals surface area contributed by atoms with Crippen LogP contribution in [0.5, 0.6) is 0 Å². The monoisotopic (exact) mass is 785 g/mol. The van der Waals surface area contributed by atoms with E-state index in [-0.39, 0.29) is 48.9 Å². The Hall–Kier alpha value is -2.85. The maximum Gasteiger partial charge on any atom is 0.162 e. The van der Waals surface area contributed by atoms with Crippen LogP contribution in [0.3, 0.4) is 0 Å². The van der Waals surface area contributed by atoms with Crippen molar-refractivity contribution in [3.05, 3.63) is 89.1 Å². The first-order valence-corrected chi connectivity index (χ1v) is 16.6. The molecule has 44 heavy (non-hydrogen) atoms. The first-order chi connectivity index (χ1) is 20.5. The van der Waals surface area contributed by atoms with Gasteiger partial charge in [0.05, 0.1) is 5.76 Å². The quantitative estimate of drug-likeness (QED) is 0.0738. The number of pyridine rings is 1. The van der Waals surface area contributed by atoms with Crippen molar-refractivity contribution in [1.82, 2.24) is 4.98 Å². The van der Waals surface area contributed by atoms with Crippen LogP contribution in [-0.2, 0) is 30.3 Å². The van der Waals surface area contributed by atoms with Crippen LogP contribution in [0.1, 0.15) is 85.3 Å². The van der Waals surface area contributed by atoms with Crippen LogP contribution < -0.4 is 0 Å². The molecule has 2 heterocycles. The molecular formula is C39H46IrNO2S-. The molecule has 235 valence electrons. The number of fused-ring (bicyclic) bond motifs is 3. The Kier molecular flexibility index (Phi) is 12.5. The number of aliphatic hydroxyl groups excluding tert-OH is 1. The predicted octanol–water partition coefficient (Wildman–Crippen LogP) is 11.5. The number of ketones is 1. The van der Waals surface area contributed by atoms with E-state index in [1.807, 2.05) is 33.9 Å². The van der Waals surface area contributed by atoms with Crippen molar-refractivity contribution in [2.45, 2.75) is 86.5 Å². The van der Waals surface area contributed by atoms with Crippen LogP contribution in [0.4, 0.5) is 0 Å². The topological polar surface area (TPSA) is 50.2 Å². The number of carbonyl (C=O) groups excluding carboxylic acids is 1. The largest absolute Gasteiger partial charge is 0.512 e. The van der Waals surface area contributed by atoms with Gasteiger partial charge in [0.15, 0.2) is 5.78 Å². The van der Waals surface area contributed by atoms with Crippen molar-refractivity contribution in [2.24, 2.45) is 11.8 Å². The number of hydrogen-bond donors (Lipinski definition) is 1. The number of hydrogen-bond acceptors (Lipinski definition) is 4. The van der Waals surface area contributed by atoms with E-state index in [0.717, 1.165) is 42.3 Å². The van der Waals surface area contributed by atoms with Crippen molar-refractivity contribution < 1.29 is 30.0 Å². The molecule has 1 radical (unpaired) electrons. The molecule has 2 aromatic heterocycles. The van der Waals surface area contributed by atoms with Crippen molar-refractivity contribution in [1.29, 1.82) is 0 Å². The minimum absolute atomic E-state index is 0. The van der Waals surface area contributed by atoms with Gasteiger partial charge in [0.2, 0.25) is 0 Å². The molecule has 0 saturated heterocycles. The van der Waals surface area contributed by atoms with Crippen LogP contribution in [0.2, 0.25) is 0 Å². The van der Waals surface area contributed by atoms with Gasteiger partial charge in [-0.25, -0.2) is 0 Å². The van der Waals surface area contributed by atoms with Crippen molar-refractivity contribution in [2.75, 3.05) is 0 Å². The van der Waals surface area contributed by atoms with Crippen molar-refractivity contribution in [3.63, 3.8) is 0 Å². The maximum atomic E-state index is 11.7. The number of nitrogens with zero attached hydrogens (tertiary/aromatic N) is 1. The fourth-order valence-electron chi connectivity index (χ4n) is 5.78. The second-order valence-electron chi connectivity index (χ2n) is 12.5. The number of benzene rings is 3. The Labute approximate surface area is 281 Å². The molecule has 3 nitrogen and oxygen atoms in total. The number of aryl methyl sites for hydroxylation is 1. The number of carbonyl (C=O) groups is 1. The minimum Gasteiger partial charge on any atom is -0.512 e. The molecule has 5 heteroatoms. The summed E-state index contributed by atoms with van der Waals surface area (Å²) >= 11 is 1.77. The normalized spacial score (nSPS) is 12.1. The van der Waals surface area contributed by atoms with Gasteiger partial charge in [0.25, 0.3) is 0 Å². The Morgan fingerprint density at radius 1 is 0.932 bits per heavy atom. The number of aliphatic hydroxyl groups is 1. The average Bonchev–Trinajstić information content (AvgIpc) is 3.37. The van der Waals surface area contributed by atoms with Gasteiger partial charge < -0.3 is 5.11 Å². The summed E-state index contributed by atoms with van der Waals surface area (Å²) < 4.78 is 1.25. The first kappa shape index (κ1) is 35.6. The van der Waals surface area contributed by atoms with Gasteiger partial charge in [0.1, 0.15) is 0 Å². The number of rotatable bonds is 8. The van der Waals surface area contributed by atoms with Gasteiger partial charge in [-0.3, -0.25) is 9.78 Å². The molecule has 0 fully saturated rings. The third kappa shape index (κ3) is 7.86. The summed E-state index contributed by atoms with van der Waals surface area (Å²) in [6.07, 6.45) is 6.83. The van der Waals surface area contributed by atoms with E-state index in [4.69, 9.17) is 4.98 Å². The van der Waals surface area contributed by atoms with Gasteiger partial charge in [-0.2, -0.15) is 0 Å². The standard InChI is InChI=1S/C26H22NS.C13H24O2.Ir/c1-16-15-28-25-21(16)9-10-27-24(25)20-12-19-11-17-7-5-6-8-18(17)13-22(19)23(14-20)26(2,3)4;1-5-10(6-2)12(14)9-13(15)11(7-3)8-4;/h5-11,13-15H,1-4H3;9-11,14H,5-8H2,1-4H3;/q-1;;/b;12-9-;. The summed E-state index contributed by atoms with van der Waals surface area (Å²) in [4.78, 5) is 16.5. The fourth-order valence-corrected chi connectivity index (χ4v) is 6.83. The van der Waals surface area contributed by atoms with E-state index in [1.54, 1.807) is 11.3 Å². The third-order valence-corrected chi connectivity index (χ3v) is 9.68. The van der Waals surface area contributed by atoms with Crippen LogP contribution >= 0.6 is 11.3 Å². The second-order valence-corrected chi connectivity index (χ2v) is 13.4. The van der Waals surface area contributed by atoms with E-state index in [1.165, 1.54) is 43.4 Å². The van der Waals surface area contributed by atoms with E-state index in [2.05, 4.69) is 87.7 Å². The van der Waals surface area contributed by atoms with Crippen LogP contribution in [0, 0.1) is 24.8 Å². The van der Waals surface area contributed by atoms with E-state index in [0.29, 0.717) is 0 Å². The Balaban J connectivity index is 0.000000286. The molecule has 1 N–H and O–H groups in total. The van der Waals surface area contributed by atoms with E-state index >= 15 is 0 Å². The molecule has 0 saturated carbocycles. The van der Waals surface area contributed by atoms with Crippen molar-refractivity contribution >= 4 is 48.8 Å². The molecule has 0 spiro atoms. The van der Waals surface area contributed by atoms with Crippen LogP contribution in [0.25, 0.3) is 42.9 Å². The molecule has 5 rings (SSSR count). The van der Waals surface area contributed by atoms with E-state index < -0.39 is 0 Å². The van der Waals surface area contributed by atoms with Gasteiger partial charge in [0, 0.05) is 54.6 Å². The van der Waals surface area contributed by atoms with Gasteiger partial charge in [-0.05, 0) is 65.8 Å². The molecule has 0 aliphatic heterocycles. The van der Waals surface area contributed by atoms with E-state index in [9.17, 15) is 9.90 Å². The Bertz CT molecular complexity index is 1750. The summed E-state index contributed by atoms with van der Waals surface area (Å²) in [7, 11) is 0. The molecule has 3 aromatic carbocycles. The molecule has 0 amide bonds. The molecule has 0 aliphatic rings. The summed E-state index contributed by atoms with van der Waals surface area (Å²) in [5, 5.41) is 18.2. The predicted molar refractivity (Wildman–Crippen MR) is 186 cm³/mol. The molecule has 0 atom stereocenters. The summed E-state index contributed by atoms with van der Waals surface area (Å²) in [5.74, 6) is 0.547. The zero-order chi connectivity index (χ0) is 31.3. The van der Waals surface area contributed by atoms with Gasteiger partial charge >= 0.3 is 0 Å². The summed E-state index contributed by atoms with van der Waals surface area (Å²) in [6, 6.07) is 21.3. The van der Waals surface area contributed by atoms with Crippen molar-refractivity contribution in [3.8, 4) is 11.3 Å². The Morgan fingerprint density at radius 3 is 2.14 bits per heavy atom. The zero-order valence-electron chi connectivity index (χ0n) is 27.4. The van der Waals surface area contributed by atoms with Gasteiger partial charge in [-0.1, -0.05) is 95.1 Å². The van der Waals surface area contributed by atoms with Crippen LogP contribution in [0.15, 0.2) is 71.9 Å². The molecule has 0 bridgehead atoms. The number of allylic oxidation sites excluding steroid dienone is 2. The second kappa shape index (κ2) is 15.4. The average molecular weight is 785 g/mol. The first-order valence-electron chi connectivity index (χ1n) is 15.7. The Morgan fingerprint density at radius 2 is 1.55 bits per heavy atom. The molecule has 5 aromatic rings. The third-order valence-electron chi connectivity index (χ3n) is 8.56. The zero-order valence-corrected chi connectivity index (χ0v) is 30.6. The summed E-state index contributed by atoms with van der Waals surface area (Å²) in [5.41, 5.74) is 4.81. The SMILES string of the molecule is CCC(CC)C(=O)/C=C(\O)C(CC)CC.Cc1csc2c(-c3[c-]c4cc5ccccc5cc4c(C(C)(C)C)c3)nccc12.[Ir]. The molecule has 0 unspecified atom stereocenters. The molecular weight excluding hydrogens is 739 g/mol.